The fourth-order valence-electron chi connectivity index (χ4n) is 1.95. The molecule has 1 heterocycles. The van der Waals surface area contributed by atoms with E-state index in [9.17, 15) is 13.2 Å². The Morgan fingerprint density at radius 1 is 1.00 bits per heavy atom. The SMILES string of the molecule is O=C1Nc2ccc3ccccc3c2S(=O)(=O)N1. The van der Waals surface area contributed by atoms with Crippen LogP contribution in [-0.4, -0.2) is 14.4 Å². The minimum absolute atomic E-state index is 0.121. The van der Waals surface area contributed by atoms with E-state index in [0.717, 1.165) is 5.39 Å². The van der Waals surface area contributed by atoms with Gasteiger partial charge in [-0.25, -0.2) is 17.9 Å². The van der Waals surface area contributed by atoms with Crippen LogP contribution in [0.2, 0.25) is 0 Å². The van der Waals surface area contributed by atoms with Crippen LogP contribution < -0.4 is 10.0 Å². The smallest absolute Gasteiger partial charge is 0.306 e. The van der Waals surface area contributed by atoms with Crippen LogP contribution in [-0.2, 0) is 10.0 Å². The molecule has 3 rings (SSSR count). The van der Waals surface area contributed by atoms with Gasteiger partial charge in [0.15, 0.2) is 0 Å². The Labute approximate surface area is 97.5 Å². The van der Waals surface area contributed by atoms with E-state index < -0.39 is 16.1 Å². The van der Waals surface area contributed by atoms with E-state index in [2.05, 4.69) is 5.32 Å². The van der Waals surface area contributed by atoms with E-state index in [1.54, 1.807) is 24.3 Å². The summed E-state index contributed by atoms with van der Waals surface area (Å²) in [5.74, 6) is 0. The average molecular weight is 248 g/mol. The molecule has 86 valence electrons. The van der Waals surface area contributed by atoms with Gasteiger partial charge in [0.25, 0.3) is 10.0 Å². The third kappa shape index (κ3) is 1.45. The van der Waals surface area contributed by atoms with Crippen molar-refractivity contribution in [2.24, 2.45) is 0 Å². The fraction of sp³-hybridized carbons (Fsp3) is 0. The Balaban J connectivity index is 2.47. The second-order valence-electron chi connectivity index (χ2n) is 3.72. The molecule has 1 aliphatic heterocycles. The monoisotopic (exact) mass is 248 g/mol. The van der Waals surface area contributed by atoms with Gasteiger partial charge in [-0.2, -0.15) is 0 Å². The molecule has 0 saturated heterocycles. The summed E-state index contributed by atoms with van der Waals surface area (Å²) < 4.78 is 25.8. The van der Waals surface area contributed by atoms with Crippen molar-refractivity contribution < 1.29 is 13.2 Å². The van der Waals surface area contributed by atoms with E-state index in [4.69, 9.17) is 0 Å². The van der Waals surface area contributed by atoms with E-state index in [-0.39, 0.29) is 4.90 Å². The molecule has 2 amide bonds. The molecule has 17 heavy (non-hydrogen) atoms. The summed E-state index contributed by atoms with van der Waals surface area (Å²) in [5, 5.41) is 3.89. The Morgan fingerprint density at radius 3 is 2.59 bits per heavy atom. The first-order valence-electron chi connectivity index (χ1n) is 4.93. The van der Waals surface area contributed by atoms with Gasteiger partial charge < -0.3 is 5.32 Å². The van der Waals surface area contributed by atoms with Gasteiger partial charge >= 0.3 is 6.03 Å². The predicted octanol–water partition coefficient (Wildman–Crippen LogP) is 1.66. The maximum atomic E-state index is 11.9. The van der Waals surface area contributed by atoms with Gasteiger partial charge in [-0.3, -0.25) is 0 Å². The first-order chi connectivity index (χ1) is 8.08. The van der Waals surface area contributed by atoms with Crippen LogP contribution in [0.5, 0.6) is 0 Å². The lowest BCUT2D eigenvalue weighted by molar-refractivity contribution is 0.256. The predicted molar refractivity (Wildman–Crippen MR) is 63.3 cm³/mol. The average Bonchev–Trinajstić information content (AvgIpc) is 2.26. The number of fused-ring (bicyclic) bond motifs is 3. The number of nitrogens with one attached hydrogen (secondary N) is 2. The van der Waals surface area contributed by atoms with Gasteiger partial charge in [-0.1, -0.05) is 30.3 Å². The van der Waals surface area contributed by atoms with E-state index in [1.807, 2.05) is 16.9 Å². The third-order valence-electron chi connectivity index (χ3n) is 2.62. The van der Waals surface area contributed by atoms with Crippen molar-refractivity contribution in [1.29, 1.82) is 0 Å². The molecule has 5 nitrogen and oxygen atoms in total. The molecule has 0 unspecified atom stereocenters. The molecule has 0 saturated carbocycles. The lowest BCUT2D eigenvalue weighted by Gasteiger charge is -2.19. The molecule has 6 heteroatoms. The van der Waals surface area contributed by atoms with Crippen LogP contribution in [0.1, 0.15) is 0 Å². The number of amides is 2. The minimum atomic E-state index is -3.78. The highest BCUT2D eigenvalue weighted by atomic mass is 32.2. The quantitative estimate of drug-likeness (QED) is 0.744. The van der Waals surface area contributed by atoms with Gasteiger partial charge in [0, 0.05) is 5.39 Å². The zero-order chi connectivity index (χ0) is 12.0. The molecule has 0 bridgehead atoms. The van der Waals surface area contributed by atoms with E-state index >= 15 is 0 Å². The zero-order valence-corrected chi connectivity index (χ0v) is 9.41. The lowest BCUT2D eigenvalue weighted by Crippen LogP contribution is -2.39. The van der Waals surface area contributed by atoms with Crippen molar-refractivity contribution in [1.82, 2.24) is 4.72 Å². The summed E-state index contributed by atoms with van der Waals surface area (Å²) in [5.41, 5.74) is 0.312. The van der Waals surface area contributed by atoms with Crippen molar-refractivity contribution in [3.63, 3.8) is 0 Å². The molecular formula is C11H8N2O3S. The number of urea groups is 1. The standard InChI is InChI=1S/C11H8N2O3S/c14-11-12-9-6-5-7-3-1-2-4-8(7)10(9)17(15,16)13-11/h1-6H,(H2,12,13,14). The highest BCUT2D eigenvalue weighted by molar-refractivity contribution is 7.90. The molecule has 2 N–H and O–H groups in total. The Morgan fingerprint density at radius 2 is 1.76 bits per heavy atom. The summed E-state index contributed by atoms with van der Waals surface area (Å²) in [6.07, 6.45) is 0. The van der Waals surface area contributed by atoms with Crippen LogP contribution in [0.25, 0.3) is 10.8 Å². The largest absolute Gasteiger partial charge is 0.333 e. The van der Waals surface area contributed by atoms with E-state index in [0.29, 0.717) is 11.1 Å². The van der Waals surface area contributed by atoms with E-state index in [1.165, 1.54) is 0 Å². The first-order valence-corrected chi connectivity index (χ1v) is 6.42. The second kappa shape index (κ2) is 3.21. The van der Waals surface area contributed by atoms with Crippen molar-refractivity contribution in [3.8, 4) is 0 Å². The van der Waals surface area contributed by atoms with Gasteiger partial charge in [-0.05, 0) is 11.5 Å². The number of hydrogen-bond donors (Lipinski definition) is 2. The molecule has 2 aromatic rings. The number of hydrogen-bond acceptors (Lipinski definition) is 3. The Hall–Kier alpha value is -2.08. The molecule has 0 aliphatic carbocycles. The molecule has 0 radical (unpaired) electrons. The number of carbonyl (C=O) groups is 1. The third-order valence-corrected chi connectivity index (χ3v) is 4.05. The molecule has 1 aliphatic rings. The number of carbonyl (C=O) groups excluding carboxylic acids is 1. The Bertz CT molecular complexity index is 737. The molecule has 2 aromatic carbocycles. The Kier molecular flexibility index (Phi) is 1.90. The highest BCUT2D eigenvalue weighted by Crippen LogP contribution is 2.32. The second-order valence-corrected chi connectivity index (χ2v) is 5.34. The zero-order valence-electron chi connectivity index (χ0n) is 8.60. The summed E-state index contributed by atoms with van der Waals surface area (Å²) >= 11 is 0. The number of anilines is 1. The number of rotatable bonds is 0. The topological polar surface area (TPSA) is 75.3 Å². The molecular weight excluding hydrogens is 240 g/mol. The minimum Gasteiger partial charge on any atom is -0.306 e. The number of sulfonamides is 1. The molecule has 0 aromatic heterocycles. The van der Waals surface area contributed by atoms with Crippen LogP contribution >= 0.6 is 0 Å². The lowest BCUT2D eigenvalue weighted by atomic mass is 10.1. The summed E-state index contributed by atoms with van der Waals surface area (Å²) in [4.78, 5) is 11.3. The van der Waals surface area contributed by atoms with Gasteiger partial charge in [0.2, 0.25) is 0 Å². The summed E-state index contributed by atoms with van der Waals surface area (Å²) in [7, 11) is -3.78. The van der Waals surface area contributed by atoms with Gasteiger partial charge in [-0.15, -0.1) is 0 Å². The van der Waals surface area contributed by atoms with Crippen LogP contribution in [0.15, 0.2) is 41.3 Å². The summed E-state index contributed by atoms with van der Waals surface area (Å²) in [6.45, 7) is 0. The van der Waals surface area contributed by atoms with Crippen LogP contribution in [0.3, 0.4) is 0 Å². The number of benzene rings is 2. The van der Waals surface area contributed by atoms with Gasteiger partial charge in [0.05, 0.1) is 5.69 Å². The normalized spacial score (nSPS) is 17.1. The molecule has 0 fully saturated rings. The van der Waals surface area contributed by atoms with Crippen molar-refractivity contribution in [3.05, 3.63) is 36.4 Å². The maximum absolute atomic E-state index is 11.9. The summed E-state index contributed by atoms with van der Waals surface area (Å²) in [6, 6.07) is 9.76. The van der Waals surface area contributed by atoms with Crippen LogP contribution in [0.4, 0.5) is 10.5 Å². The van der Waals surface area contributed by atoms with Crippen molar-refractivity contribution >= 4 is 32.5 Å². The van der Waals surface area contributed by atoms with Crippen LogP contribution in [0, 0.1) is 0 Å². The molecule has 0 spiro atoms. The van der Waals surface area contributed by atoms with Crippen molar-refractivity contribution in [2.75, 3.05) is 5.32 Å². The van der Waals surface area contributed by atoms with Gasteiger partial charge in [0.1, 0.15) is 4.90 Å². The highest BCUT2D eigenvalue weighted by Gasteiger charge is 2.29. The fourth-order valence-corrected chi connectivity index (χ4v) is 3.23. The molecule has 0 atom stereocenters. The van der Waals surface area contributed by atoms with Crippen molar-refractivity contribution in [2.45, 2.75) is 4.90 Å². The first kappa shape index (κ1) is 10.1. The maximum Gasteiger partial charge on any atom is 0.333 e.